The third-order valence-electron chi connectivity index (χ3n) is 2.64. The van der Waals surface area contributed by atoms with Crippen LogP contribution in [-0.2, 0) is 9.59 Å². The molecule has 1 aromatic rings. The Morgan fingerprint density at radius 3 is 2.47 bits per heavy atom. The topological polar surface area (TPSA) is 125 Å². The van der Waals surface area contributed by atoms with Crippen LogP contribution in [0.3, 0.4) is 0 Å². The van der Waals surface area contributed by atoms with E-state index in [0.29, 0.717) is 4.90 Å². The second-order valence-corrected chi connectivity index (χ2v) is 3.83. The van der Waals surface area contributed by atoms with E-state index in [4.69, 9.17) is 10.2 Å². The minimum Gasteiger partial charge on any atom is -0.481 e. The van der Waals surface area contributed by atoms with Crippen molar-refractivity contribution in [1.29, 1.82) is 0 Å². The molecular weight excluding hydrogens is 256 g/mol. The van der Waals surface area contributed by atoms with Crippen molar-refractivity contribution in [3.05, 3.63) is 29.6 Å². The number of pyridine rings is 1. The fourth-order valence-corrected chi connectivity index (χ4v) is 1.82. The van der Waals surface area contributed by atoms with Gasteiger partial charge in [0.05, 0.1) is 12.0 Å². The monoisotopic (exact) mass is 264 g/mol. The van der Waals surface area contributed by atoms with Gasteiger partial charge in [-0.05, 0) is 12.1 Å². The van der Waals surface area contributed by atoms with E-state index in [1.807, 2.05) is 0 Å². The second kappa shape index (κ2) is 4.48. The van der Waals surface area contributed by atoms with Crippen molar-refractivity contribution >= 4 is 23.8 Å². The zero-order chi connectivity index (χ0) is 14.2. The van der Waals surface area contributed by atoms with Crippen LogP contribution in [0.15, 0.2) is 18.3 Å². The number of rotatable bonds is 4. The van der Waals surface area contributed by atoms with Gasteiger partial charge in [-0.2, -0.15) is 0 Å². The molecule has 0 bridgehead atoms. The highest BCUT2D eigenvalue weighted by atomic mass is 16.4. The lowest BCUT2D eigenvalue weighted by Gasteiger charge is -2.20. The molecule has 2 heterocycles. The first kappa shape index (κ1) is 12.7. The molecule has 2 amide bonds. The minimum atomic E-state index is -1.74. The summed E-state index contributed by atoms with van der Waals surface area (Å²) >= 11 is 0. The third-order valence-corrected chi connectivity index (χ3v) is 2.64. The van der Waals surface area contributed by atoms with Crippen molar-refractivity contribution in [3.8, 4) is 0 Å². The van der Waals surface area contributed by atoms with Crippen molar-refractivity contribution in [1.82, 2.24) is 9.88 Å². The molecule has 98 valence electrons. The van der Waals surface area contributed by atoms with Crippen LogP contribution in [0.4, 0.5) is 0 Å². The third kappa shape index (κ3) is 2.03. The normalized spacial score (nSPS) is 15.3. The number of aromatic nitrogens is 1. The fraction of sp³-hybridized carbons (Fsp3) is 0.182. The van der Waals surface area contributed by atoms with Crippen LogP contribution in [0, 0.1) is 0 Å². The van der Waals surface area contributed by atoms with E-state index in [0.717, 1.165) is 0 Å². The predicted molar refractivity (Wildman–Crippen MR) is 58.4 cm³/mol. The molecule has 1 atom stereocenters. The van der Waals surface area contributed by atoms with E-state index < -0.39 is 36.2 Å². The van der Waals surface area contributed by atoms with Gasteiger partial charge in [-0.3, -0.25) is 24.3 Å². The number of carboxylic acids is 2. The quantitative estimate of drug-likeness (QED) is 0.709. The molecule has 0 saturated heterocycles. The smallest absolute Gasteiger partial charge is 0.327 e. The Morgan fingerprint density at radius 1 is 1.26 bits per heavy atom. The van der Waals surface area contributed by atoms with E-state index in [1.54, 1.807) is 0 Å². The van der Waals surface area contributed by atoms with Gasteiger partial charge in [0.2, 0.25) is 0 Å². The Balaban J connectivity index is 2.42. The summed E-state index contributed by atoms with van der Waals surface area (Å²) in [6.45, 7) is 0. The van der Waals surface area contributed by atoms with Crippen molar-refractivity contribution < 1.29 is 29.4 Å². The zero-order valence-electron chi connectivity index (χ0n) is 9.44. The molecule has 0 spiro atoms. The molecule has 0 radical (unpaired) electrons. The fourth-order valence-electron chi connectivity index (χ4n) is 1.82. The summed E-state index contributed by atoms with van der Waals surface area (Å²) in [4.78, 5) is 49.7. The Hall–Kier alpha value is -2.77. The first-order valence-electron chi connectivity index (χ1n) is 5.21. The average molecular weight is 264 g/mol. The number of carbonyl (C=O) groups excluding carboxylic acids is 2. The lowest BCUT2D eigenvalue weighted by atomic mass is 10.2. The zero-order valence-corrected chi connectivity index (χ0v) is 9.44. The number of carboxylic acid groups (broad SMARTS) is 2. The SMILES string of the molecule is O=C(O)CC(C(=O)O)N1C(=O)c2cccnc2C1=O. The Morgan fingerprint density at radius 2 is 1.95 bits per heavy atom. The van der Waals surface area contributed by atoms with Gasteiger partial charge in [-0.25, -0.2) is 4.79 Å². The Bertz CT molecular complexity index is 562. The van der Waals surface area contributed by atoms with Crippen molar-refractivity contribution in [3.63, 3.8) is 0 Å². The molecule has 1 unspecified atom stereocenters. The molecule has 2 rings (SSSR count). The number of carbonyl (C=O) groups is 4. The van der Waals surface area contributed by atoms with Gasteiger partial charge in [0.1, 0.15) is 11.7 Å². The number of aliphatic carboxylic acids is 2. The van der Waals surface area contributed by atoms with Crippen molar-refractivity contribution in [2.24, 2.45) is 0 Å². The van der Waals surface area contributed by atoms with E-state index in [2.05, 4.69) is 4.98 Å². The standard InChI is InChI=1S/C11H8N2O6/c14-7(15)4-6(11(18)19)13-9(16)5-2-1-3-12-8(5)10(13)17/h1-3,6H,4H2,(H,14,15)(H,18,19). The molecule has 1 aromatic heterocycles. The molecule has 2 N–H and O–H groups in total. The lowest BCUT2D eigenvalue weighted by Crippen LogP contribution is -2.46. The minimum absolute atomic E-state index is 0.0239. The van der Waals surface area contributed by atoms with Crippen LogP contribution in [0.2, 0.25) is 0 Å². The molecule has 0 aliphatic carbocycles. The summed E-state index contributed by atoms with van der Waals surface area (Å²) in [7, 11) is 0. The van der Waals surface area contributed by atoms with Crippen molar-refractivity contribution in [2.45, 2.75) is 12.5 Å². The van der Waals surface area contributed by atoms with Crippen LogP contribution in [0.5, 0.6) is 0 Å². The highest BCUT2D eigenvalue weighted by molar-refractivity contribution is 6.21. The van der Waals surface area contributed by atoms with Crippen molar-refractivity contribution in [2.75, 3.05) is 0 Å². The van der Waals surface area contributed by atoms with Gasteiger partial charge < -0.3 is 10.2 Å². The van der Waals surface area contributed by atoms with Crippen LogP contribution in [0.1, 0.15) is 27.3 Å². The van der Waals surface area contributed by atoms with Crippen LogP contribution >= 0.6 is 0 Å². The van der Waals surface area contributed by atoms with E-state index in [9.17, 15) is 19.2 Å². The molecule has 8 heteroatoms. The Kier molecular flexibility index (Phi) is 2.99. The molecule has 0 aromatic carbocycles. The van der Waals surface area contributed by atoms with E-state index in [-0.39, 0.29) is 11.3 Å². The van der Waals surface area contributed by atoms with Gasteiger partial charge in [-0.15, -0.1) is 0 Å². The maximum absolute atomic E-state index is 11.9. The van der Waals surface area contributed by atoms with Gasteiger partial charge >= 0.3 is 11.9 Å². The molecule has 19 heavy (non-hydrogen) atoms. The van der Waals surface area contributed by atoms with Gasteiger partial charge in [0.15, 0.2) is 0 Å². The largest absolute Gasteiger partial charge is 0.481 e. The number of imide groups is 1. The molecular formula is C11H8N2O6. The molecule has 0 saturated carbocycles. The van der Waals surface area contributed by atoms with E-state index >= 15 is 0 Å². The van der Waals surface area contributed by atoms with Gasteiger partial charge in [0, 0.05) is 6.20 Å². The lowest BCUT2D eigenvalue weighted by molar-refractivity contribution is -0.147. The van der Waals surface area contributed by atoms with Crippen LogP contribution in [-0.4, -0.2) is 49.9 Å². The van der Waals surface area contributed by atoms with Crippen LogP contribution < -0.4 is 0 Å². The number of hydrogen-bond donors (Lipinski definition) is 2. The maximum Gasteiger partial charge on any atom is 0.327 e. The summed E-state index contributed by atoms with van der Waals surface area (Å²) in [5.41, 5.74) is -0.187. The summed E-state index contributed by atoms with van der Waals surface area (Å²) < 4.78 is 0. The predicted octanol–water partition coefficient (Wildman–Crippen LogP) is -0.395. The molecule has 1 aliphatic heterocycles. The summed E-state index contributed by atoms with van der Waals surface area (Å²) in [6, 6.07) is 1.02. The summed E-state index contributed by atoms with van der Waals surface area (Å²) in [5.74, 6) is -4.72. The maximum atomic E-state index is 11.9. The first-order valence-corrected chi connectivity index (χ1v) is 5.21. The first-order chi connectivity index (χ1) is 8.93. The highest BCUT2D eigenvalue weighted by Crippen LogP contribution is 2.24. The molecule has 1 aliphatic rings. The Labute approximate surface area is 106 Å². The second-order valence-electron chi connectivity index (χ2n) is 3.83. The average Bonchev–Trinajstić information content (AvgIpc) is 2.60. The number of nitrogens with zero attached hydrogens (tertiary/aromatic N) is 2. The highest BCUT2D eigenvalue weighted by Gasteiger charge is 2.44. The van der Waals surface area contributed by atoms with Gasteiger partial charge in [0.25, 0.3) is 11.8 Å². The van der Waals surface area contributed by atoms with E-state index in [1.165, 1.54) is 18.3 Å². The van der Waals surface area contributed by atoms with Crippen LogP contribution in [0.25, 0.3) is 0 Å². The number of hydrogen-bond acceptors (Lipinski definition) is 5. The molecule has 0 fully saturated rings. The molecule has 8 nitrogen and oxygen atoms in total. The van der Waals surface area contributed by atoms with Gasteiger partial charge in [-0.1, -0.05) is 0 Å². The number of fused-ring (bicyclic) bond motifs is 1. The summed E-state index contributed by atoms with van der Waals surface area (Å²) in [6.07, 6.45) is 0.432. The number of amides is 2. The summed E-state index contributed by atoms with van der Waals surface area (Å²) in [5, 5.41) is 17.6.